The van der Waals surface area contributed by atoms with E-state index in [1.54, 1.807) is 15.9 Å². The summed E-state index contributed by atoms with van der Waals surface area (Å²) in [6.45, 7) is 0.769. The maximum atomic E-state index is 14.0. The van der Waals surface area contributed by atoms with Gasteiger partial charge in [-0.3, -0.25) is 14.4 Å². The molecule has 0 saturated carbocycles. The molecule has 0 aliphatic carbocycles. The molecule has 3 aliphatic heterocycles. The largest absolute Gasteiger partial charge is 0.326 e. The first-order chi connectivity index (χ1) is 15.1. The van der Waals surface area contributed by atoms with Crippen molar-refractivity contribution in [3.8, 4) is 0 Å². The van der Waals surface area contributed by atoms with Crippen molar-refractivity contribution >= 4 is 23.3 Å². The smallest absolute Gasteiger partial charge is 0.241 e. The molecule has 31 heavy (non-hydrogen) atoms. The summed E-state index contributed by atoms with van der Waals surface area (Å²) in [7, 11) is 0. The number of ketones is 1. The number of Topliss-reactive ketones (excluding diaryl/α,β-unsaturated/α-hetero) is 1. The van der Waals surface area contributed by atoms with Crippen molar-refractivity contribution in [1.29, 1.82) is 0 Å². The Labute approximate surface area is 179 Å². The zero-order valence-corrected chi connectivity index (χ0v) is 16.8. The van der Waals surface area contributed by atoms with Crippen molar-refractivity contribution in [2.24, 2.45) is 0 Å². The van der Waals surface area contributed by atoms with Crippen LogP contribution in [0.5, 0.6) is 0 Å². The molecule has 0 bridgehead atoms. The highest BCUT2D eigenvalue weighted by Crippen LogP contribution is 2.53. The number of carbonyl (C=O) groups is 3. The Balaban J connectivity index is 1.51. The molecule has 0 radical (unpaired) electrons. The van der Waals surface area contributed by atoms with E-state index in [4.69, 9.17) is 0 Å². The molecule has 1 saturated heterocycles. The van der Waals surface area contributed by atoms with Gasteiger partial charge in [0.25, 0.3) is 0 Å². The molecule has 0 N–H and O–H groups in total. The van der Waals surface area contributed by atoms with Gasteiger partial charge in [-0.15, -0.1) is 0 Å². The lowest BCUT2D eigenvalue weighted by Gasteiger charge is -2.37. The predicted octanol–water partition coefficient (Wildman–Crippen LogP) is 3.47. The van der Waals surface area contributed by atoms with Gasteiger partial charge in [0.15, 0.2) is 5.78 Å². The van der Waals surface area contributed by atoms with E-state index in [1.165, 1.54) is 0 Å². The number of rotatable bonds is 2. The number of benzene rings is 3. The topological polar surface area (TPSA) is 57.7 Å². The fourth-order valence-electron chi connectivity index (χ4n) is 5.53. The fourth-order valence-corrected chi connectivity index (χ4v) is 5.53. The Morgan fingerprint density at radius 1 is 0.839 bits per heavy atom. The van der Waals surface area contributed by atoms with Gasteiger partial charge in [-0.2, -0.15) is 0 Å². The Morgan fingerprint density at radius 3 is 2.39 bits per heavy atom. The lowest BCUT2D eigenvalue weighted by molar-refractivity contribution is -0.129. The van der Waals surface area contributed by atoms with Gasteiger partial charge >= 0.3 is 0 Å². The molecule has 0 unspecified atom stereocenters. The van der Waals surface area contributed by atoms with Gasteiger partial charge in [-0.1, -0.05) is 72.8 Å². The quantitative estimate of drug-likeness (QED) is 0.653. The SMILES string of the molecule is O=C1c2ccccc2CN2C(=O)C[C@]3(C(=O)N(Cc4ccccc4)c4ccccc43)[C@H]12. The molecule has 3 aliphatic rings. The second-order valence-electron chi connectivity index (χ2n) is 8.49. The third kappa shape index (κ3) is 2.34. The van der Waals surface area contributed by atoms with E-state index in [0.29, 0.717) is 18.7 Å². The van der Waals surface area contributed by atoms with Crippen LogP contribution in [0.2, 0.25) is 0 Å². The average molecular weight is 408 g/mol. The van der Waals surface area contributed by atoms with Crippen LogP contribution in [0.3, 0.4) is 0 Å². The highest BCUT2D eigenvalue weighted by atomic mass is 16.2. The third-order valence-electron chi connectivity index (χ3n) is 6.89. The number of hydrogen-bond acceptors (Lipinski definition) is 3. The molecule has 0 aromatic heterocycles. The van der Waals surface area contributed by atoms with E-state index < -0.39 is 11.5 Å². The summed E-state index contributed by atoms with van der Waals surface area (Å²) in [6, 6.07) is 24.0. The van der Waals surface area contributed by atoms with Gasteiger partial charge in [0, 0.05) is 24.2 Å². The van der Waals surface area contributed by atoms with Crippen molar-refractivity contribution in [1.82, 2.24) is 4.90 Å². The summed E-state index contributed by atoms with van der Waals surface area (Å²) in [5.41, 5.74) is 2.86. The molecule has 2 amide bonds. The van der Waals surface area contributed by atoms with Gasteiger partial charge in [0.2, 0.25) is 11.8 Å². The fraction of sp³-hybridized carbons (Fsp3) is 0.192. The van der Waals surface area contributed by atoms with Crippen LogP contribution >= 0.6 is 0 Å². The van der Waals surface area contributed by atoms with Gasteiger partial charge in [-0.05, 0) is 22.8 Å². The van der Waals surface area contributed by atoms with Crippen LogP contribution in [0.15, 0.2) is 78.9 Å². The van der Waals surface area contributed by atoms with Crippen LogP contribution in [0.25, 0.3) is 0 Å². The van der Waals surface area contributed by atoms with Crippen molar-refractivity contribution in [3.05, 3.63) is 101 Å². The van der Waals surface area contributed by atoms with Crippen LogP contribution in [-0.2, 0) is 28.1 Å². The molecule has 2 atom stereocenters. The number of fused-ring (bicyclic) bond motifs is 5. The number of anilines is 1. The molecule has 3 heterocycles. The maximum Gasteiger partial charge on any atom is 0.241 e. The zero-order chi connectivity index (χ0) is 21.2. The van der Waals surface area contributed by atoms with Gasteiger partial charge in [0.1, 0.15) is 11.5 Å². The molecule has 1 spiro atoms. The molecule has 5 nitrogen and oxygen atoms in total. The number of nitrogens with zero attached hydrogens (tertiary/aromatic N) is 2. The summed E-state index contributed by atoms with van der Waals surface area (Å²) in [5.74, 6) is -0.443. The van der Waals surface area contributed by atoms with Crippen molar-refractivity contribution in [2.45, 2.75) is 31.0 Å². The number of para-hydroxylation sites is 1. The summed E-state index contributed by atoms with van der Waals surface area (Å²) in [4.78, 5) is 44.2. The molecule has 1 fully saturated rings. The highest BCUT2D eigenvalue weighted by molar-refractivity contribution is 6.19. The lowest BCUT2D eigenvalue weighted by Crippen LogP contribution is -2.55. The summed E-state index contributed by atoms with van der Waals surface area (Å²) < 4.78 is 0. The van der Waals surface area contributed by atoms with Crippen LogP contribution in [0.1, 0.15) is 33.5 Å². The molecule has 152 valence electrons. The highest BCUT2D eigenvalue weighted by Gasteiger charge is 2.66. The van der Waals surface area contributed by atoms with Crippen molar-refractivity contribution < 1.29 is 14.4 Å². The Kier molecular flexibility index (Phi) is 3.72. The van der Waals surface area contributed by atoms with Crippen LogP contribution < -0.4 is 4.90 Å². The first-order valence-electron chi connectivity index (χ1n) is 10.5. The maximum absolute atomic E-state index is 14.0. The van der Waals surface area contributed by atoms with E-state index in [0.717, 1.165) is 22.4 Å². The second-order valence-corrected chi connectivity index (χ2v) is 8.49. The monoisotopic (exact) mass is 408 g/mol. The Morgan fingerprint density at radius 2 is 1.55 bits per heavy atom. The molecule has 3 aromatic rings. The molecular weight excluding hydrogens is 388 g/mol. The minimum absolute atomic E-state index is 0.0263. The third-order valence-corrected chi connectivity index (χ3v) is 6.89. The molecule has 5 heteroatoms. The van der Waals surface area contributed by atoms with E-state index in [9.17, 15) is 14.4 Å². The minimum Gasteiger partial charge on any atom is -0.326 e. The Bertz CT molecular complexity index is 1250. The van der Waals surface area contributed by atoms with Crippen molar-refractivity contribution in [2.75, 3.05) is 4.90 Å². The van der Waals surface area contributed by atoms with E-state index in [1.807, 2.05) is 72.8 Å². The summed E-state index contributed by atoms with van der Waals surface area (Å²) in [6.07, 6.45) is 0.0263. The first kappa shape index (κ1) is 18.1. The normalized spacial score (nSPS) is 23.9. The number of carbonyl (C=O) groups excluding carboxylic acids is 3. The van der Waals surface area contributed by atoms with E-state index >= 15 is 0 Å². The molecule has 6 rings (SSSR count). The lowest BCUT2D eigenvalue weighted by atomic mass is 9.71. The number of hydrogen-bond donors (Lipinski definition) is 0. The Hall–Kier alpha value is -3.73. The zero-order valence-electron chi connectivity index (χ0n) is 16.8. The first-order valence-corrected chi connectivity index (χ1v) is 10.5. The van der Waals surface area contributed by atoms with Gasteiger partial charge in [0.05, 0.1) is 6.54 Å². The predicted molar refractivity (Wildman–Crippen MR) is 115 cm³/mol. The standard InChI is InChI=1S/C26H20N2O3/c29-22-14-26(24-23(30)19-11-5-4-10-18(19)16-28(22)24)20-12-6-7-13-21(20)27(25(26)31)15-17-8-2-1-3-9-17/h1-13,24H,14-16H2/t24-,26+/m0/s1. The summed E-state index contributed by atoms with van der Waals surface area (Å²) in [5, 5.41) is 0. The summed E-state index contributed by atoms with van der Waals surface area (Å²) >= 11 is 0. The molecular formula is C26H20N2O3. The molecule has 3 aromatic carbocycles. The average Bonchev–Trinajstić information content (AvgIpc) is 3.22. The van der Waals surface area contributed by atoms with Crippen LogP contribution in [0.4, 0.5) is 5.69 Å². The minimum atomic E-state index is -1.17. The van der Waals surface area contributed by atoms with E-state index in [-0.39, 0.29) is 24.0 Å². The van der Waals surface area contributed by atoms with Gasteiger partial charge < -0.3 is 9.80 Å². The second kappa shape index (κ2) is 6.38. The van der Waals surface area contributed by atoms with Crippen LogP contribution in [-0.4, -0.2) is 28.5 Å². The van der Waals surface area contributed by atoms with Crippen LogP contribution in [0, 0.1) is 0 Å². The number of amides is 2. The van der Waals surface area contributed by atoms with Crippen molar-refractivity contribution in [3.63, 3.8) is 0 Å². The van der Waals surface area contributed by atoms with Gasteiger partial charge in [-0.25, -0.2) is 0 Å². The van der Waals surface area contributed by atoms with E-state index in [2.05, 4.69) is 0 Å².